The van der Waals surface area contributed by atoms with E-state index in [1.165, 1.54) is 25.0 Å². The molecule has 1 aromatic heterocycles. The van der Waals surface area contributed by atoms with Crippen LogP contribution in [0.4, 0.5) is 0 Å². The van der Waals surface area contributed by atoms with Crippen molar-refractivity contribution in [3.63, 3.8) is 0 Å². The number of aromatic nitrogens is 2. The molecule has 0 bridgehead atoms. The molecule has 0 saturated heterocycles. The van der Waals surface area contributed by atoms with Crippen molar-refractivity contribution in [2.45, 2.75) is 76.5 Å². The summed E-state index contributed by atoms with van der Waals surface area (Å²) in [4.78, 5) is 0. The van der Waals surface area contributed by atoms with E-state index in [9.17, 15) is 5.11 Å². The van der Waals surface area contributed by atoms with Gasteiger partial charge in [0.1, 0.15) is 0 Å². The highest BCUT2D eigenvalue weighted by molar-refractivity contribution is 5.15. The van der Waals surface area contributed by atoms with Crippen molar-refractivity contribution in [1.29, 1.82) is 0 Å². The van der Waals surface area contributed by atoms with Crippen LogP contribution in [0.3, 0.4) is 0 Å². The van der Waals surface area contributed by atoms with Crippen LogP contribution in [0, 0.1) is 0 Å². The van der Waals surface area contributed by atoms with Gasteiger partial charge >= 0.3 is 0 Å². The van der Waals surface area contributed by atoms with Gasteiger partial charge in [0.05, 0.1) is 11.3 Å². The van der Waals surface area contributed by atoms with Crippen molar-refractivity contribution in [2.75, 3.05) is 6.54 Å². The van der Waals surface area contributed by atoms with Crippen LogP contribution in [0.5, 0.6) is 0 Å². The Morgan fingerprint density at radius 2 is 2.05 bits per heavy atom. The first-order valence-corrected chi connectivity index (χ1v) is 8.19. The van der Waals surface area contributed by atoms with Gasteiger partial charge in [-0.3, -0.25) is 4.68 Å². The minimum atomic E-state index is -0.507. The smallest absolute Gasteiger partial charge is 0.0794 e. The lowest BCUT2D eigenvalue weighted by Crippen LogP contribution is -2.41. The highest BCUT2D eigenvalue weighted by atomic mass is 16.3. The quantitative estimate of drug-likeness (QED) is 0.832. The van der Waals surface area contributed by atoms with Gasteiger partial charge in [-0.15, -0.1) is 0 Å². The van der Waals surface area contributed by atoms with E-state index in [0.29, 0.717) is 6.54 Å². The van der Waals surface area contributed by atoms with Crippen LogP contribution in [0.25, 0.3) is 0 Å². The molecule has 1 aliphatic carbocycles. The fraction of sp³-hybridized carbons (Fsp3) is 0.812. The Hall–Kier alpha value is -0.870. The monoisotopic (exact) mass is 277 g/mol. The standard InChI is InChI=1S/C16H27N3O/c1-13(15-11-14-7-6-10-19(14)18-15)17-12-16(20)8-4-2-3-5-9-16/h11,13,17,20H,2-10,12H2,1H3/t13-/m0/s1. The lowest BCUT2D eigenvalue weighted by atomic mass is 9.94. The van der Waals surface area contributed by atoms with Gasteiger partial charge in [-0.25, -0.2) is 0 Å². The Kier molecular flexibility index (Phi) is 4.13. The zero-order valence-corrected chi connectivity index (χ0v) is 12.6. The zero-order valence-electron chi connectivity index (χ0n) is 12.6. The highest BCUT2D eigenvalue weighted by Gasteiger charge is 2.28. The molecule has 1 saturated carbocycles. The summed E-state index contributed by atoms with van der Waals surface area (Å²) in [5.41, 5.74) is 1.98. The molecular formula is C16H27N3O. The molecule has 2 aliphatic rings. The Labute approximate surface area is 121 Å². The molecule has 1 aromatic rings. The molecule has 0 unspecified atom stereocenters. The summed E-state index contributed by atoms with van der Waals surface area (Å²) in [6.45, 7) is 3.90. The van der Waals surface area contributed by atoms with Crippen LogP contribution in [0.2, 0.25) is 0 Å². The van der Waals surface area contributed by atoms with Gasteiger partial charge in [-0.05, 0) is 38.7 Å². The topological polar surface area (TPSA) is 50.1 Å². The van der Waals surface area contributed by atoms with Crippen LogP contribution in [-0.4, -0.2) is 27.0 Å². The first kappa shape index (κ1) is 14.1. The van der Waals surface area contributed by atoms with Crippen molar-refractivity contribution in [1.82, 2.24) is 15.1 Å². The zero-order chi connectivity index (χ0) is 14.0. The molecule has 0 spiro atoms. The second kappa shape index (κ2) is 5.86. The molecule has 0 radical (unpaired) electrons. The van der Waals surface area contributed by atoms with Crippen LogP contribution < -0.4 is 5.32 Å². The maximum Gasteiger partial charge on any atom is 0.0794 e. The van der Waals surface area contributed by atoms with Crippen molar-refractivity contribution in [3.05, 3.63) is 17.5 Å². The second-order valence-corrected chi connectivity index (χ2v) is 6.63. The number of nitrogens with zero attached hydrogens (tertiary/aromatic N) is 2. The first-order chi connectivity index (χ1) is 9.66. The van der Waals surface area contributed by atoms with Crippen LogP contribution >= 0.6 is 0 Å². The Balaban J connectivity index is 1.56. The summed E-state index contributed by atoms with van der Waals surface area (Å²) < 4.78 is 2.13. The minimum Gasteiger partial charge on any atom is -0.389 e. The molecule has 2 heterocycles. The van der Waals surface area contributed by atoms with Crippen LogP contribution in [0.1, 0.15) is 69.3 Å². The van der Waals surface area contributed by atoms with Crippen molar-refractivity contribution < 1.29 is 5.11 Å². The van der Waals surface area contributed by atoms with E-state index >= 15 is 0 Å². The van der Waals surface area contributed by atoms with Gasteiger partial charge < -0.3 is 10.4 Å². The van der Waals surface area contributed by atoms with Gasteiger partial charge in [-0.2, -0.15) is 5.10 Å². The summed E-state index contributed by atoms with van der Waals surface area (Å²) in [7, 11) is 0. The van der Waals surface area contributed by atoms with E-state index in [0.717, 1.165) is 44.3 Å². The van der Waals surface area contributed by atoms with Crippen molar-refractivity contribution in [3.8, 4) is 0 Å². The van der Waals surface area contributed by atoms with E-state index in [2.05, 4.69) is 28.1 Å². The molecular weight excluding hydrogens is 250 g/mol. The molecule has 3 rings (SSSR count). The van der Waals surface area contributed by atoms with Gasteiger partial charge in [0.15, 0.2) is 0 Å². The fourth-order valence-corrected chi connectivity index (χ4v) is 3.51. The first-order valence-electron chi connectivity index (χ1n) is 8.19. The normalized spacial score (nSPS) is 23.3. The summed E-state index contributed by atoms with van der Waals surface area (Å²) >= 11 is 0. The fourth-order valence-electron chi connectivity index (χ4n) is 3.51. The molecule has 4 nitrogen and oxygen atoms in total. The number of hydrogen-bond acceptors (Lipinski definition) is 3. The molecule has 1 aliphatic heterocycles. The number of aryl methyl sites for hydroxylation is 2. The predicted octanol–water partition coefficient (Wildman–Crippen LogP) is 2.57. The van der Waals surface area contributed by atoms with Gasteiger partial charge in [0.2, 0.25) is 0 Å². The van der Waals surface area contributed by atoms with Gasteiger partial charge in [0, 0.05) is 24.8 Å². The maximum atomic E-state index is 10.7. The maximum absolute atomic E-state index is 10.7. The van der Waals surface area contributed by atoms with Gasteiger partial charge in [-0.1, -0.05) is 25.7 Å². The molecule has 1 atom stereocenters. The highest BCUT2D eigenvalue weighted by Crippen LogP contribution is 2.27. The summed E-state index contributed by atoms with van der Waals surface area (Å²) in [5.74, 6) is 0. The largest absolute Gasteiger partial charge is 0.389 e. The van der Waals surface area contributed by atoms with E-state index < -0.39 is 5.60 Å². The Morgan fingerprint density at radius 1 is 1.30 bits per heavy atom. The third kappa shape index (κ3) is 3.07. The summed E-state index contributed by atoms with van der Waals surface area (Å²) in [5, 5.41) is 18.8. The number of aliphatic hydroxyl groups is 1. The van der Waals surface area contributed by atoms with Crippen molar-refractivity contribution in [2.24, 2.45) is 0 Å². The number of rotatable bonds is 4. The Bertz CT molecular complexity index is 425. The SMILES string of the molecule is C[C@H](NCC1(O)CCCCCC1)c1cc2n(n1)CCC2. The molecule has 0 aromatic carbocycles. The minimum absolute atomic E-state index is 0.223. The number of fused-ring (bicyclic) bond motifs is 1. The molecule has 112 valence electrons. The summed E-state index contributed by atoms with van der Waals surface area (Å²) in [6, 6.07) is 2.45. The molecule has 1 fully saturated rings. The molecule has 0 amide bonds. The number of nitrogens with one attached hydrogen (secondary N) is 1. The second-order valence-electron chi connectivity index (χ2n) is 6.63. The Morgan fingerprint density at radius 3 is 2.75 bits per heavy atom. The number of hydrogen-bond donors (Lipinski definition) is 2. The van der Waals surface area contributed by atoms with Crippen LogP contribution in [0.15, 0.2) is 6.07 Å². The van der Waals surface area contributed by atoms with Crippen molar-refractivity contribution >= 4 is 0 Å². The molecule has 20 heavy (non-hydrogen) atoms. The lowest BCUT2D eigenvalue weighted by Gasteiger charge is -2.28. The molecule has 2 N–H and O–H groups in total. The van der Waals surface area contributed by atoms with Crippen LogP contribution in [-0.2, 0) is 13.0 Å². The molecule has 4 heteroatoms. The third-order valence-corrected chi connectivity index (χ3v) is 4.90. The van der Waals surface area contributed by atoms with E-state index in [1.807, 2.05) is 0 Å². The van der Waals surface area contributed by atoms with Gasteiger partial charge in [0.25, 0.3) is 0 Å². The predicted molar refractivity (Wildman–Crippen MR) is 79.6 cm³/mol. The van der Waals surface area contributed by atoms with E-state index in [-0.39, 0.29) is 6.04 Å². The van der Waals surface area contributed by atoms with E-state index in [4.69, 9.17) is 0 Å². The third-order valence-electron chi connectivity index (χ3n) is 4.90. The summed E-state index contributed by atoms with van der Waals surface area (Å²) in [6.07, 6.45) is 9.11. The average Bonchev–Trinajstić information content (AvgIpc) is 2.95. The lowest BCUT2D eigenvalue weighted by molar-refractivity contribution is 0.0230. The van der Waals surface area contributed by atoms with E-state index in [1.54, 1.807) is 0 Å². The average molecular weight is 277 g/mol.